The van der Waals surface area contributed by atoms with Gasteiger partial charge in [0, 0.05) is 11.7 Å². The highest BCUT2D eigenvalue weighted by molar-refractivity contribution is 7.99. The van der Waals surface area contributed by atoms with Gasteiger partial charge in [0.05, 0.1) is 0 Å². The number of aromatic amines is 1. The Morgan fingerprint density at radius 1 is 1.58 bits per heavy atom. The fraction of sp³-hybridized carbons (Fsp3) is 0.714. The average molecular weight is 184 g/mol. The molecule has 2 rings (SSSR count). The van der Waals surface area contributed by atoms with Crippen molar-refractivity contribution < 1.29 is 0 Å². The quantitative estimate of drug-likeness (QED) is 0.683. The molecule has 5 heteroatoms. The number of H-pyrrole nitrogens is 1. The molecule has 1 fully saturated rings. The van der Waals surface area contributed by atoms with E-state index in [1.807, 2.05) is 11.8 Å². The second-order valence-corrected chi connectivity index (χ2v) is 4.14. The van der Waals surface area contributed by atoms with Crippen LogP contribution in [0.25, 0.3) is 0 Å². The number of hydrogen-bond acceptors (Lipinski definition) is 4. The fourth-order valence-corrected chi connectivity index (χ4v) is 2.57. The zero-order valence-electron chi connectivity index (χ0n) is 6.79. The molecule has 1 aliphatic rings. The fourth-order valence-electron chi connectivity index (χ4n) is 1.43. The van der Waals surface area contributed by atoms with Gasteiger partial charge in [-0.2, -0.15) is 16.7 Å². The van der Waals surface area contributed by atoms with Crippen LogP contribution < -0.4 is 5.73 Å². The van der Waals surface area contributed by atoms with Crippen LogP contribution in [0, 0.1) is 0 Å². The largest absolute Gasteiger partial charge is 0.367 e. The molecular formula is C7H12N4S. The SMILES string of the molecule is Nc1n[nH]c(C2CCCSC2)n1. The first kappa shape index (κ1) is 7.91. The van der Waals surface area contributed by atoms with Crippen LogP contribution in [-0.4, -0.2) is 26.7 Å². The summed E-state index contributed by atoms with van der Waals surface area (Å²) in [7, 11) is 0. The molecule has 4 nitrogen and oxygen atoms in total. The van der Waals surface area contributed by atoms with Crippen LogP contribution in [0.5, 0.6) is 0 Å². The van der Waals surface area contributed by atoms with Crippen molar-refractivity contribution in [3.8, 4) is 0 Å². The summed E-state index contributed by atoms with van der Waals surface area (Å²) in [6.45, 7) is 0. The van der Waals surface area contributed by atoms with E-state index < -0.39 is 0 Å². The third-order valence-electron chi connectivity index (χ3n) is 2.07. The number of aromatic nitrogens is 3. The van der Waals surface area contributed by atoms with Gasteiger partial charge >= 0.3 is 0 Å². The first-order valence-corrected chi connectivity index (χ1v) is 5.27. The number of nitrogen functional groups attached to an aromatic ring is 1. The van der Waals surface area contributed by atoms with Gasteiger partial charge in [-0.15, -0.1) is 5.10 Å². The maximum absolute atomic E-state index is 5.42. The van der Waals surface area contributed by atoms with Gasteiger partial charge in [-0.3, -0.25) is 5.10 Å². The van der Waals surface area contributed by atoms with Crippen molar-refractivity contribution in [2.24, 2.45) is 0 Å². The van der Waals surface area contributed by atoms with E-state index in [4.69, 9.17) is 5.73 Å². The summed E-state index contributed by atoms with van der Waals surface area (Å²) in [4.78, 5) is 4.13. The summed E-state index contributed by atoms with van der Waals surface area (Å²) in [5.74, 6) is 4.28. The molecule has 12 heavy (non-hydrogen) atoms. The van der Waals surface area contributed by atoms with Gasteiger partial charge in [-0.05, 0) is 18.6 Å². The van der Waals surface area contributed by atoms with Crippen molar-refractivity contribution >= 4 is 17.7 Å². The number of nitrogens with zero attached hydrogens (tertiary/aromatic N) is 2. The Kier molecular flexibility index (Phi) is 2.21. The molecule has 1 aromatic heterocycles. The monoisotopic (exact) mass is 184 g/mol. The number of nitrogens with two attached hydrogens (primary N) is 1. The number of anilines is 1. The van der Waals surface area contributed by atoms with E-state index in [0.29, 0.717) is 11.9 Å². The lowest BCUT2D eigenvalue weighted by molar-refractivity contribution is 0.626. The van der Waals surface area contributed by atoms with E-state index in [2.05, 4.69) is 15.2 Å². The van der Waals surface area contributed by atoms with Crippen LogP contribution in [0.3, 0.4) is 0 Å². The molecule has 0 aromatic carbocycles. The van der Waals surface area contributed by atoms with E-state index in [-0.39, 0.29) is 0 Å². The van der Waals surface area contributed by atoms with Gasteiger partial charge in [0.15, 0.2) is 0 Å². The zero-order chi connectivity index (χ0) is 8.39. The standard InChI is InChI=1S/C7H12N4S/c8-7-9-6(10-11-7)5-2-1-3-12-4-5/h5H,1-4H2,(H3,8,9,10,11). The van der Waals surface area contributed by atoms with E-state index in [1.165, 1.54) is 18.6 Å². The molecular weight excluding hydrogens is 172 g/mol. The van der Waals surface area contributed by atoms with Crippen LogP contribution in [0.2, 0.25) is 0 Å². The van der Waals surface area contributed by atoms with Crippen molar-refractivity contribution in [1.29, 1.82) is 0 Å². The molecule has 1 atom stereocenters. The Morgan fingerprint density at radius 3 is 3.08 bits per heavy atom. The van der Waals surface area contributed by atoms with Crippen molar-refractivity contribution in [3.05, 3.63) is 5.82 Å². The van der Waals surface area contributed by atoms with Gasteiger partial charge in [-0.25, -0.2) is 0 Å². The van der Waals surface area contributed by atoms with Gasteiger partial charge in [0.25, 0.3) is 0 Å². The number of thioether (sulfide) groups is 1. The Labute approximate surface area is 75.3 Å². The number of hydrogen-bond donors (Lipinski definition) is 2. The lowest BCUT2D eigenvalue weighted by Crippen LogP contribution is -2.10. The molecule has 0 saturated carbocycles. The lowest BCUT2D eigenvalue weighted by atomic mass is 10.1. The summed E-state index contributed by atoms with van der Waals surface area (Å²) in [6, 6.07) is 0. The van der Waals surface area contributed by atoms with Crippen molar-refractivity contribution in [3.63, 3.8) is 0 Å². The zero-order valence-corrected chi connectivity index (χ0v) is 7.60. The van der Waals surface area contributed by atoms with Gasteiger partial charge in [0.2, 0.25) is 5.95 Å². The Morgan fingerprint density at radius 2 is 2.50 bits per heavy atom. The van der Waals surface area contributed by atoms with E-state index >= 15 is 0 Å². The third kappa shape index (κ3) is 1.55. The molecule has 1 aromatic rings. The number of rotatable bonds is 1. The van der Waals surface area contributed by atoms with Gasteiger partial charge < -0.3 is 5.73 Å². The molecule has 0 bridgehead atoms. The highest BCUT2D eigenvalue weighted by Gasteiger charge is 2.18. The predicted molar refractivity (Wildman–Crippen MR) is 50.1 cm³/mol. The maximum Gasteiger partial charge on any atom is 0.239 e. The van der Waals surface area contributed by atoms with Gasteiger partial charge in [-0.1, -0.05) is 0 Å². The van der Waals surface area contributed by atoms with Crippen LogP contribution in [-0.2, 0) is 0 Å². The molecule has 0 aliphatic carbocycles. The first-order valence-electron chi connectivity index (χ1n) is 4.12. The van der Waals surface area contributed by atoms with Crippen molar-refractivity contribution in [2.75, 3.05) is 17.2 Å². The third-order valence-corrected chi connectivity index (χ3v) is 3.28. The highest BCUT2D eigenvalue weighted by Crippen LogP contribution is 2.28. The summed E-state index contributed by atoms with van der Waals surface area (Å²) < 4.78 is 0. The Hall–Kier alpha value is -0.710. The first-order chi connectivity index (χ1) is 5.86. The smallest absolute Gasteiger partial charge is 0.239 e. The van der Waals surface area contributed by atoms with Crippen LogP contribution >= 0.6 is 11.8 Å². The molecule has 66 valence electrons. The minimum Gasteiger partial charge on any atom is -0.367 e. The summed E-state index contributed by atoms with van der Waals surface area (Å²) in [5, 5.41) is 6.70. The molecule has 1 aliphatic heterocycles. The predicted octanol–water partition coefficient (Wildman–Crippen LogP) is 0.997. The van der Waals surface area contributed by atoms with E-state index in [9.17, 15) is 0 Å². The Balaban J connectivity index is 2.08. The van der Waals surface area contributed by atoms with Gasteiger partial charge in [0.1, 0.15) is 5.82 Å². The van der Waals surface area contributed by atoms with E-state index in [0.717, 1.165) is 11.6 Å². The van der Waals surface area contributed by atoms with Crippen molar-refractivity contribution in [1.82, 2.24) is 15.2 Å². The highest BCUT2D eigenvalue weighted by atomic mass is 32.2. The second kappa shape index (κ2) is 3.35. The average Bonchev–Trinajstić information content (AvgIpc) is 2.54. The normalized spacial score (nSPS) is 24.2. The molecule has 0 spiro atoms. The molecule has 1 saturated heterocycles. The molecule has 0 amide bonds. The van der Waals surface area contributed by atoms with Crippen LogP contribution in [0.1, 0.15) is 24.6 Å². The summed E-state index contributed by atoms with van der Waals surface area (Å²) >= 11 is 1.98. The van der Waals surface area contributed by atoms with Crippen LogP contribution in [0.15, 0.2) is 0 Å². The maximum atomic E-state index is 5.42. The minimum absolute atomic E-state index is 0.362. The molecule has 2 heterocycles. The summed E-state index contributed by atoms with van der Waals surface area (Å²) in [6.07, 6.45) is 2.48. The topological polar surface area (TPSA) is 67.6 Å². The number of nitrogens with one attached hydrogen (secondary N) is 1. The molecule has 1 unspecified atom stereocenters. The van der Waals surface area contributed by atoms with Crippen molar-refractivity contribution in [2.45, 2.75) is 18.8 Å². The summed E-state index contributed by atoms with van der Waals surface area (Å²) in [5.41, 5.74) is 5.42. The molecule has 0 radical (unpaired) electrons. The molecule has 3 N–H and O–H groups in total. The Bertz CT molecular complexity index is 254. The minimum atomic E-state index is 0.362. The van der Waals surface area contributed by atoms with E-state index in [1.54, 1.807) is 0 Å². The lowest BCUT2D eigenvalue weighted by Gasteiger charge is -2.18. The second-order valence-electron chi connectivity index (χ2n) is 2.99. The van der Waals surface area contributed by atoms with Crippen LogP contribution in [0.4, 0.5) is 5.95 Å².